The Morgan fingerprint density at radius 2 is 1.68 bits per heavy atom. The number of hydrogen-bond acceptors (Lipinski definition) is 4. The predicted octanol–water partition coefficient (Wildman–Crippen LogP) is 3.17. The molecule has 0 unspecified atom stereocenters. The van der Waals surface area contributed by atoms with Crippen LogP contribution in [0.25, 0.3) is 0 Å². The van der Waals surface area contributed by atoms with Gasteiger partial charge in [0.2, 0.25) is 0 Å². The summed E-state index contributed by atoms with van der Waals surface area (Å²) in [5.41, 5.74) is 0.0464. The van der Waals surface area contributed by atoms with Gasteiger partial charge in [-0.25, -0.2) is 4.79 Å². The highest BCUT2D eigenvalue weighted by Gasteiger charge is 2.27. The Balaban J connectivity index is 2.03. The fourth-order valence-electron chi connectivity index (χ4n) is 2.72. The molecule has 138 valence electrons. The first-order valence-electron chi connectivity index (χ1n) is 8.81. The molecule has 0 N–H and O–H groups in total. The average molecular weight is 348 g/mol. The molecule has 0 radical (unpaired) electrons. The fraction of sp³-hybridized carbons (Fsp3) is 0.579. The van der Waals surface area contributed by atoms with E-state index >= 15 is 0 Å². The van der Waals surface area contributed by atoms with Crippen molar-refractivity contribution in [3.05, 3.63) is 29.8 Å². The van der Waals surface area contributed by atoms with Gasteiger partial charge in [0.15, 0.2) is 0 Å². The number of amides is 2. The van der Waals surface area contributed by atoms with Crippen LogP contribution in [0, 0.1) is 0 Å². The van der Waals surface area contributed by atoms with Gasteiger partial charge in [-0.1, -0.05) is 12.1 Å². The molecule has 25 heavy (non-hydrogen) atoms. The van der Waals surface area contributed by atoms with Crippen LogP contribution < -0.4 is 4.74 Å². The van der Waals surface area contributed by atoms with Gasteiger partial charge in [0.25, 0.3) is 5.91 Å². The highest BCUT2D eigenvalue weighted by Crippen LogP contribution is 2.21. The zero-order valence-corrected chi connectivity index (χ0v) is 15.6. The van der Waals surface area contributed by atoms with Gasteiger partial charge in [-0.2, -0.15) is 0 Å². The second-order valence-corrected chi connectivity index (χ2v) is 7.04. The third-order valence-corrected chi connectivity index (χ3v) is 3.85. The molecule has 0 atom stereocenters. The summed E-state index contributed by atoms with van der Waals surface area (Å²) in [5.74, 6) is 0.540. The first kappa shape index (κ1) is 19.1. The minimum Gasteiger partial charge on any atom is -0.493 e. The smallest absolute Gasteiger partial charge is 0.410 e. The van der Waals surface area contributed by atoms with Crippen molar-refractivity contribution in [2.75, 3.05) is 32.8 Å². The van der Waals surface area contributed by atoms with E-state index in [0.29, 0.717) is 44.1 Å². The Hall–Kier alpha value is -2.24. The second kappa shape index (κ2) is 8.23. The lowest BCUT2D eigenvalue weighted by Crippen LogP contribution is -2.40. The molecule has 6 heteroatoms. The Labute approximate surface area is 149 Å². The first-order chi connectivity index (χ1) is 11.8. The van der Waals surface area contributed by atoms with Gasteiger partial charge in [-0.05, 0) is 46.2 Å². The van der Waals surface area contributed by atoms with Crippen molar-refractivity contribution in [2.45, 2.75) is 39.7 Å². The second-order valence-electron chi connectivity index (χ2n) is 7.04. The maximum absolute atomic E-state index is 12.9. The SMILES string of the molecule is CCOc1ccccc1C(=O)N1CCCN(C(=O)OC(C)(C)C)CC1. The maximum Gasteiger partial charge on any atom is 0.410 e. The van der Waals surface area contributed by atoms with E-state index in [9.17, 15) is 9.59 Å². The van der Waals surface area contributed by atoms with Crippen LogP contribution in [-0.4, -0.2) is 60.2 Å². The molecule has 0 bridgehead atoms. The molecule has 6 nitrogen and oxygen atoms in total. The molecule has 1 heterocycles. The Bertz CT molecular complexity index is 610. The summed E-state index contributed by atoms with van der Waals surface area (Å²) in [6.07, 6.45) is 0.401. The van der Waals surface area contributed by atoms with Crippen molar-refractivity contribution in [1.82, 2.24) is 9.80 Å². The fourth-order valence-corrected chi connectivity index (χ4v) is 2.72. The number of rotatable bonds is 3. The van der Waals surface area contributed by atoms with Crippen LogP contribution in [0.5, 0.6) is 5.75 Å². The van der Waals surface area contributed by atoms with E-state index in [0.717, 1.165) is 6.42 Å². The van der Waals surface area contributed by atoms with E-state index in [1.54, 1.807) is 15.9 Å². The van der Waals surface area contributed by atoms with Crippen LogP contribution in [0.15, 0.2) is 24.3 Å². The normalized spacial score (nSPS) is 15.5. The summed E-state index contributed by atoms with van der Waals surface area (Å²) in [5, 5.41) is 0. The van der Waals surface area contributed by atoms with Crippen LogP contribution >= 0.6 is 0 Å². The standard InChI is InChI=1S/C19H28N2O4/c1-5-24-16-10-7-6-9-15(16)17(22)20-11-8-12-21(14-13-20)18(23)25-19(2,3)4/h6-7,9-10H,5,8,11-14H2,1-4H3. The van der Waals surface area contributed by atoms with Gasteiger partial charge in [-0.3, -0.25) is 4.79 Å². The molecular formula is C19H28N2O4. The average Bonchev–Trinajstić information content (AvgIpc) is 2.79. The topological polar surface area (TPSA) is 59.1 Å². The molecule has 2 amide bonds. The first-order valence-corrected chi connectivity index (χ1v) is 8.81. The highest BCUT2D eigenvalue weighted by atomic mass is 16.6. The van der Waals surface area contributed by atoms with E-state index in [1.165, 1.54) is 0 Å². The highest BCUT2D eigenvalue weighted by molar-refractivity contribution is 5.97. The summed E-state index contributed by atoms with van der Waals surface area (Å²) in [6.45, 7) is 10.1. The Morgan fingerprint density at radius 3 is 2.36 bits per heavy atom. The minimum atomic E-state index is -0.519. The van der Waals surface area contributed by atoms with Crippen molar-refractivity contribution >= 4 is 12.0 Å². The number of para-hydroxylation sites is 1. The van der Waals surface area contributed by atoms with Crippen LogP contribution in [-0.2, 0) is 4.74 Å². The van der Waals surface area contributed by atoms with Gasteiger partial charge in [0.1, 0.15) is 11.4 Å². The van der Waals surface area contributed by atoms with Gasteiger partial charge in [-0.15, -0.1) is 0 Å². The van der Waals surface area contributed by atoms with Gasteiger partial charge in [0, 0.05) is 26.2 Å². The summed E-state index contributed by atoms with van der Waals surface area (Å²) in [6, 6.07) is 7.28. The summed E-state index contributed by atoms with van der Waals surface area (Å²) >= 11 is 0. The third-order valence-electron chi connectivity index (χ3n) is 3.85. The quantitative estimate of drug-likeness (QED) is 0.842. The summed E-state index contributed by atoms with van der Waals surface area (Å²) < 4.78 is 11.0. The van der Waals surface area contributed by atoms with Gasteiger partial charge < -0.3 is 19.3 Å². The predicted molar refractivity (Wildman–Crippen MR) is 95.9 cm³/mol. The molecule has 0 saturated carbocycles. The minimum absolute atomic E-state index is 0.0601. The van der Waals surface area contributed by atoms with Crippen molar-refractivity contribution in [3.63, 3.8) is 0 Å². The molecule has 1 aromatic carbocycles. The lowest BCUT2D eigenvalue weighted by atomic mass is 10.1. The number of ether oxygens (including phenoxy) is 2. The number of hydrogen-bond donors (Lipinski definition) is 0. The van der Waals surface area contributed by atoms with Crippen molar-refractivity contribution in [2.24, 2.45) is 0 Å². The number of benzene rings is 1. The van der Waals surface area contributed by atoms with Gasteiger partial charge >= 0.3 is 6.09 Å². The number of nitrogens with zero attached hydrogens (tertiary/aromatic N) is 2. The molecule has 1 aliphatic rings. The molecule has 0 aromatic heterocycles. The summed E-state index contributed by atoms with van der Waals surface area (Å²) in [7, 11) is 0. The van der Waals surface area contributed by atoms with Crippen molar-refractivity contribution in [1.29, 1.82) is 0 Å². The molecule has 1 saturated heterocycles. The molecule has 2 rings (SSSR count). The summed E-state index contributed by atoms with van der Waals surface area (Å²) in [4.78, 5) is 28.6. The monoisotopic (exact) mass is 348 g/mol. The lowest BCUT2D eigenvalue weighted by Gasteiger charge is -2.26. The third kappa shape index (κ3) is 5.37. The number of carbonyl (C=O) groups excluding carboxylic acids is 2. The lowest BCUT2D eigenvalue weighted by molar-refractivity contribution is 0.0255. The van der Waals surface area contributed by atoms with E-state index in [-0.39, 0.29) is 12.0 Å². The largest absolute Gasteiger partial charge is 0.493 e. The van der Waals surface area contributed by atoms with E-state index < -0.39 is 5.60 Å². The van der Waals surface area contributed by atoms with Crippen LogP contribution in [0.3, 0.4) is 0 Å². The molecule has 1 fully saturated rings. The van der Waals surface area contributed by atoms with Crippen LogP contribution in [0.4, 0.5) is 4.79 Å². The zero-order valence-electron chi connectivity index (χ0n) is 15.6. The van der Waals surface area contributed by atoms with E-state index in [2.05, 4.69) is 0 Å². The van der Waals surface area contributed by atoms with Crippen molar-refractivity contribution in [3.8, 4) is 5.75 Å². The van der Waals surface area contributed by atoms with Crippen LogP contribution in [0.2, 0.25) is 0 Å². The maximum atomic E-state index is 12.9. The molecule has 1 aromatic rings. The van der Waals surface area contributed by atoms with Crippen molar-refractivity contribution < 1.29 is 19.1 Å². The van der Waals surface area contributed by atoms with Gasteiger partial charge in [0.05, 0.1) is 12.2 Å². The van der Waals surface area contributed by atoms with Crippen LogP contribution in [0.1, 0.15) is 44.5 Å². The Morgan fingerprint density at radius 1 is 1.04 bits per heavy atom. The zero-order chi connectivity index (χ0) is 18.4. The molecule has 0 spiro atoms. The molecule has 0 aliphatic carbocycles. The number of carbonyl (C=O) groups is 2. The molecule has 1 aliphatic heterocycles. The van der Waals surface area contributed by atoms with E-state index in [4.69, 9.17) is 9.47 Å². The molecular weight excluding hydrogens is 320 g/mol. The van der Waals surface area contributed by atoms with E-state index in [1.807, 2.05) is 45.9 Å². The Kier molecular flexibility index (Phi) is 6.28.